The van der Waals surface area contributed by atoms with Gasteiger partial charge in [-0.2, -0.15) is 0 Å². The summed E-state index contributed by atoms with van der Waals surface area (Å²) in [6.45, 7) is 5.10. The Hall–Kier alpha value is -5.66. The number of likely N-dealkylation sites (tertiary alicyclic amines) is 2. The standard InChI is InChI=1S/C43H55N9O5/c1-26(2)36(49-42(55)44-3)40(53)51-22-8-12-34(51)38-45-24-32(47-38)29-18-14-27(15-19-29)28-16-20-30(21-17-28)33-25-46-39(48-33)35-13-9-23-52(35)41(54)37(50-43(56)57-4)31-10-6-5-7-11-31/h5-7,10-11,14-15,18-19,24-26,28,30,34-37H,8-9,12-13,16-17,20-23H2,1-4H3,(H,45,47)(H,46,48)(H,50,56)(H2,44,49,55). The molecule has 4 unspecified atom stereocenters. The minimum absolute atomic E-state index is 0.0548. The molecule has 2 aromatic carbocycles. The first-order chi connectivity index (χ1) is 27.6. The lowest BCUT2D eigenvalue weighted by atomic mass is 9.77. The third kappa shape index (κ3) is 8.69. The molecule has 2 saturated heterocycles. The van der Waals surface area contributed by atoms with Gasteiger partial charge in [0.25, 0.3) is 5.91 Å². The molecule has 14 nitrogen and oxygen atoms in total. The molecule has 2 aromatic heterocycles. The van der Waals surface area contributed by atoms with Gasteiger partial charge in [0.1, 0.15) is 23.7 Å². The van der Waals surface area contributed by atoms with Crippen molar-refractivity contribution < 1.29 is 23.9 Å². The summed E-state index contributed by atoms with van der Waals surface area (Å²) in [5.41, 5.74) is 5.11. The maximum Gasteiger partial charge on any atom is 0.407 e. The van der Waals surface area contributed by atoms with E-state index in [-0.39, 0.29) is 35.8 Å². The highest BCUT2D eigenvalue weighted by molar-refractivity contribution is 5.88. The summed E-state index contributed by atoms with van der Waals surface area (Å²) in [7, 11) is 2.84. The van der Waals surface area contributed by atoms with Crippen LogP contribution in [0, 0.1) is 5.92 Å². The number of hydrogen-bond acceptors (Lipinski definition) is 7. The van der Waals surface area contributed by atoms with Crippen LogP contribution in [0.3, 0.4) is 0 Å². The molecule has 302 valence electrons. The van der Waals surface area contributed by atoms with Gasteiger partial charge in [-0.3, -0.25) is 9.59 Å². The van der Waals surface area contributed by atoms with Crippen LogP contribution in [0.1, 0.15) is 124 Å². The number of hydrogen-bond donors (Lipinski definition) is 5. The molecule has 4 atom stereocenters. The second-order valence-corrected chi connectivity index (χ2v) is 15.9. The van der Waals surface area contributed by atoms with Crippen molar-refractivity contribution in [3.8, 4) is 11.3 Å². The maximum absolute atomic E-state index is 13.9. The van der Waals surface area contributed by atoms with Crippen molar-refractivity contribution in [2.45, 2.75) is 101 Å². The minimum atomic E-state index is -0.848. The summed E-state index contributed by atoms with van der Waals surface area (Å²) in [5, 5.41) is 8.11. The number of nitrogens with zero attached hydrogens (tertiary/aromatic N) is 4. The zero-order chi connectivity index (χ0) is 40.1. The Labute approximate surface area is 333 Å². The van der Waals surface area contributed by atoms with E-state index in [0.29, 0.717) is 30.5 Å². The van der Waals surface area contributed by atoms with Gasteiger partial charge in [0.15, 0.2) is 0 Å². The molecule has 0 radical (unpaired) electrons. The molecule has 2 aliphatic heterocycles. The Balaban J connectivity index is 0.951. The molecule has 3 aliphatic rings. The first-order valence-electron chi connectivity index (χ1n) is 20.3. The number of aromatic nitrogens is 4. The highest BCUT2D eigenvalue weighted by Crippen LogP contribution is 2.42. The normalized spacial score (nSPS) is 21.9. The summed E-state index contributed by atoms with van der Waals surface area (Å²) >= 11 is 0. The van der Waals surface area contributed by atoms with E-state index in [2.05, 4.69) is 50.2 Å². The predicted molar refractivity (Wildman–Crippen MR) is 215 cm³/mol. The second kappa shape index (κ2) is 17.6. The Morgan fingerprint density at radius 1 is 0.754 bits per heavy atom. The number of amides is 5. The summed E-state index contributed by atoms with van der Waals surface area (Å²) in [6.07, 6.45) is 10.7. The molecule has 14 heteroatoms. The lowest BCUT2D eigenvalue weighted by molar-refractivity contribution is -0.135. The third-order valence-electron chi connectivity index (χ3n) is 12.0. The van der Waals surface area contributed by atoms with Gasteiger partial charge in [-0.25, -0.2) is 19.6 Å². The molecular formula is C43H55N9O5. The summed E-state index contributed by atoms with van der Waals surface area (Å²) in [5.74, 6) is 2.08. The fourth-order valence-electron chi connectivity index (χ4n) is 8.86. The van der Waals surface area contributed by atoms with Crippen molar-refractivity contribution in [3.63, 3.8) is 0 Å². The number of methoxy groups -OCH3 is 1. The van der Waals surface area contributed by atoms with Gasteiger partial charge >= 0.3 is 12.1 Å². The van der Waals surface area contributed by atoms with E-state index in [9.17, 15) is 19.2 Å². The van der Waals surface area contributed by atoms with Crippen LogP contribution in [0.15, 0.2) is 67.0 Å². The fourth-order valence-corrected chi connectivity index (χ4v) is 8.86. The zero-order valence-corrected chi connectivity index (χ0v) is 33.3. The highest BCUT2D eigenvalue weighted by Gasteiger charge is 2.39. The van der Waals surface area contributed by atoms with Crippen LogP contribution < -0.4 is 16.0 Å². The average Bonchev–Trinajstić information content (AvgIpc) is 4.09. The molecule has 7 rings (SSSR count). The van der Waals surface area contributed by atoms with Crippen LogP contribution in [0.4, 0.5) is 9.59 Å². The highest BCUT2D eigenvalue weighted by atomic mass is 16.5. The monoisotopic (exact) mass is 777 g/mol. The largest absolute Gasteiger partial charge is 0.453 e. The van der Waals surface area contributed by atoms with E-state index in [1.807, 2.05) is 66.4 Å². The second-order valence-electron chi connectivity index (χ2n) is 15.9. The Kier molecular flexibility index (Phi) is 12.2. The molecule has 0 spiro atoms. The SMILES string of the molecule is CNC(=O)NC(C(=O)N1CCCC1c1ncc(-c2ccc(C3CCC(c4cnc(C5CCCN5C(=O)C(NC(=O)OC)c5ccccc5)[nH]4)CC3)cc2)[nH]1)C(C)C. The minimum Gasteiger partial charge on any atom is -0.453 e. The van der Waals surface area contributed by atoms with E-state index in [0.717, 1.165) is 80.0 Å². The molecule has 1 saturated carbocycles. The smallest absolute Gasteiger partial charge is 0.407 e. The number of imidazole rings is 2. The molecule has 57 heavy (non-hydrogen) atoms. The Morgan fingerprint density at radius 2 is 1.37 bits per heavy atom. The number of H-pyrrole nitrogens is 2. The average molecular weight is 778 g/mol. The van der Waals surface area contributed by atoms with Crippen molar-refractivity contribution in [2.24, 2.45) is 5.92 Å². The molecular weight excluding hydrogens is 723 g/mol. The van der Waals surface area contributed by atoms with Gasteiger partial charge < -0.3 is 40.5 Å². The third-order valence-corrected chi connectivity index (χ3v) is 12.0. The Morgan fingerprint density at radius 3 is 2.00 bits per heavy atom. The van der Waals surface area contributed by atoms with Gasteiger partial charge in [-0.15, -0.1) is 0 Å². The number of benzene rings is 2. The fraction of sp³-hybridized carbons (Fsp3) is 0.488. The number of nitrogens with one attached hydrogen (secondary N) is 5. The molecule has 5 amide bonds. The van der Waals surface area contributed by atoms with E-state index >= 15 is 0 Å². The summed E-state index contributed by atoms with van der Waals surface area (Å²) in [4.78, 5) is 72.1. The van der Waals surface area contributed by atoms with Crippen LogP contribution in [0.25, 0.3) is 11.3 Å². The summed E-state index contributed by atoms with van der Waals surface area (Å²) < 4.78 is 4.84. The van der Waals surface area contributed by atoms with Crippen LogP contribution in [0.2, 0.25) is 0 Å². The van der Waals surface area contributed by atoms with E-state index in [1.54, 1.807) is 7.05 Å². The van der Waals surface area contributed by atoms with Crippen molar-refractivity contribution in [1.29, 1.82) is 0 Å². The topological polar surface area (TPSA) is 177 Å². The molecule has 4 aromatic rings. The quantitative estimate of drug-likeness (QED) is 0.114. The first kappa shape index (κ1) is 39.6. The number of ether oxygens (including phenoxy) is 1. The number of carbonyl (C=O) groups excluding carboxylic acids is 4. The van der Waals surface area contributed by atoms with Crippen LogP contribution in [-0.4, -0.2) is 87.0 Å². The van der Waals surface area contributed by atoms with Gasteiger partial charge in [0.05, 0.1) is 31.1 Å². The van der Waals surface area contributed by atoms with Gasteiger partial charge in [-0.05, 0) is 79.9 Å². The van der Waals surface area contributed by atoms with E-state index in [4.69, 9.17) is 14.7 Å². The van der Waals surface area contributed by atoms with Crippen molar-refractivity contribution in [3.05, 3.63) is 95.5 Å². The van der Waals surface area contributed by atoms with Crippen LogP contribution >= 0.6 is 0 Å². The number of rotatable bonds is 11. The number of aromatic amines is 2. The molecule has 3 fully saturated rings. The van der Waals surface area contributed by atoms with Gasteiger partial charge in [0, 0.05) is 37.9 Å². The first-order valence-corrected chi connectivity index (χ1v) is 20.3. The lowest BCUT2D eigenvalue weighted by Gasteiger charge is -2.30. The maximum atomic E-state index is 13.9. The molecule has 5 N–H and O–H groups in total. The van der Waals surface area contributed by atoms with E-state index < -0.39 is 18.2 Å². The number of urea groups is 1. The van der Waals surface area contributed by atoms with Gasteiger partial charge in [0.2, 0.25) is 5.91 Å². The molecule has 0 bridgehead atoms. The zero-order valence-electron chi connectivity index (χ0n) is 33.3. The Bertz CT molecular complexity index is 2000. The van der Waals surface area contributed by atoms with Crippen LogP contribution in [0.5, 0.6) is 0 Å². The van der Waals surface area contributed by atoms with Crippen molar-refractivity contribution in [1.82, 2.24) is 45.7 Å². The van der Waals surface area contributed by atoms with Gasteiger partial charge in [-0.1, -0.05) is 68.4 Å². The van der Waals surface area contributed by atoms with Crippen molar-refractivity contribution >= 4 is 23.9 Å². The lowest BCUT2D eigenvalue weighted by Crippen LogP contribution is -2.53. The van der Waals surface area contributed by atoms with E-state index in [1.165, 1.54) is 12.7 Å². The summed E-state index contributed by atoms with van der Waals surface area (Å²) in [6, 6.07) is 15.8. The van der Waals surface area contributed by atoms with Crippen LogP contribution in [-0.2, 0) is 14.3 Å². The molecule has 4 heterocycles. The predicted octanol–water partition coefficient (Wildman–Crippen LogP) is 6.62. The number of alkyl carbamates (subject to hydrolysis) is 1. The molecule has 1 aliphatic carbocycles. The number of carbonyl (C=O) groups is 4. The van der Waals surface area contributed by atoms with Crippen molar-refractivity contribution in [2.75, 3.05) is 27.2 Å².